The van der Waals surface area contributed by atoms with Gasteiger partial charge in [-0.05, 0) is 12.3 Å². The van der Waals surface area contributed by atoms with Crippen molar-refractivity contribution in [1.82, 2.24) is 0 Å². The quantitative estimate of drug-likeness (QED) is 0.646. The van der Waals surface area contributed by atoms with Crippen LogP contribution in [0.1, 0.15) is 39.0 Å². The molecule has 0 aromatic carbocycles. The zero-order valence-corrected chi connectivity index (χ0v) is 10.5. The third-order valence-electron chi connectivity index (χ3n) is 2.86. The van der Waals surface area contributed by atoms with E-state index in [2.05, 4.69) is 19.8 Å². The summed E-state index contributed by atoms with van der Waals surface area (Å²) in [4.78, 5) is 0. The molecule has 1 rings (SSSR count). The van der Waals surface area contributed by atoms with Gasteiger partial charge < -0.3 is 12.9 Å². The Morgan fingerprint density at radius 2 is 2.09 bits per heavy atom. The van der Waals surface area contributed by atoms with Gasteiger partial charge in [-0.25, -0.2) is 0 Å². The van der Waals surface area contributed by atoms with E-state index in [1.807, 2.05) is 0 Å². The second-order valence-corrected chi connectivity index (χ2v) is 7.15. The van der Waals surface area contributed by atoms with Crippen molar-refractivity contribution in [2.75, 3.05) is 0 Å². The lowest BCUT2D eigenvalue weighted by Gasteiger charge is -2.08. The Kier molecular flexibility index (Phi) is 5.46. The van der Waals surface area contributed by atoms with Crippen molar-refractivity contribution >= 4 is 31.1 Å². The van der Waals surface area contributed by atoms with Crippen LogP contribution in [0.3, 0.4) is 0 Å². The standard InChI is InChI=1S/C9H17.BrH.Mg/c1-3-4-9-6-5-8(2)7-9;;/h8-9H,2-7H2,1H3;1H;/q;;+1/p-1. The summed E-state index contributed by atoms with van der Waals surface area (Å²) in [6.45, 7) is 2.31. The predicted octanol–water partition coefficient (Wildman–Crippen LogP) is 3.64. The first kappa shape index (κ1) is 10.3. The van der Waals surface area contributed by atoms with E-state index in [0.717, 1.165) is 11.8 Å². The highest BCUT2D eigenvalue weighted by molar-refractivity contribution is 9.23. The van der Waals surface area contributed by atoms with Crippen LogP contribution in [0.4, 0.5) is 0 Å². The molecule has 0 amide bonds. The largest absolute Gasteiger partial charge is 0.468 e. The summed E-state index contributed by atoms with van der Waals surface area (Å²) in [5.74, 6) is 2.20. The monoisotopic (exact) mass is 228 g/mol. The van der Waals surface area contributed by atoms with E-state index in [0.29, 0.717) is 0 Å². The van der Waals surface area contributed by atoms with Crippen molar-refractivity contribution in [3.63, 3.8) is 0 Å². The van der Waals surface area contributed by atoms with Gasteiger partial charge in [0.25, 0.3) is 0 Å². The van der Waals surface area contributed by atoms with Gasteiger partial charge in [0.2, 0.25) is 0 Å². The predicted molar refractivity (Wildman–Crippen MR) is 55.2 cm³/mol. The maximum absolute atomic E-state index is 3.66. The van der Waals surface area contributed by atoms with Gasteiger partial charge in [0.1, 0.15) is 0 Å². The molecule has 2 unspecified atom stereocenters. The Morgan fingerprint density at radius 1 is 1.36 bits per heavy atom. The molecular formula is C9H17BrMg. The Hall–Kier alpha value is 1.25. The van der Waals surface area contributed by atoms with Gasteiger partial charge in [0.05, 0.1) is 0 Å². The average molecular weight is 229 g/mol. The summed E-state index contributed by atoms with van der Waals surface area (Å²) in [6.07, 6.45) is 7.49. The van der Waals surface area contributed by atoms with E-state index in [-0.39, 0.29) is 18.2 Å². The van der Waals surface area contributed by atoms with E-state index in [4.69, 9.17) is 0 Å². The first-order valence-electron chi connectivity index (χ1n) is 4.92. The number of hydrogen-bond donors (Lipinski definition) is 0. The second-order valence-electron chi connectivity index (χ2n) is 3.81. The van der Waals surface area contributed by atoms with Crippen LogP contribution in [0.5, 0.6) is 0 Å². The molecule has 62 valence electrons. The van der Waals surface area contributed by atoms with Crippen molar-refractivity contribution in [2.45, 2.75) is 43.6 Å². The second kappa shape index (κ2) is 5.82. The molecule has 1 fully saturated rings. The van der Waals surface area contributed by atoms with E-state index < -0.39 is 0 Å². The summed E-state index contributed by atoms with van der Waals surface area (Å²) in [6, 6.07) is 0. The third kappa shape index (κ3) is 3.64. The normalized spacial score (nSPS) is 30.4. The van der Waals surface area contributed by atoms with E-state index in [9.17, 15) is 0 Å². The van der Waals surface area contributed by atoms with Crippen LogP contribution < -0.4 is 0 Å². The molecule has 0 heterocycles. The minimum atomic E-state index is 0.160. The Morgan fingerprint density at radius 3 is 2.73 bits per heavy atom. The maximum Gasteiger partial charge on any atom is 0.468 e. The molecule has 2 atom stereocenters. The van der Waals surface area contributed by atoms with Crippen LogP contribution in [0.25, 0.3) is 0 Å². The maximum atomic E-state index is 3.66. The first-order chi connectivity index (χ1) is 5.36. The lowest BCUT2D eigenvalue weighted by Crippen LogP contribution is -1.97. The smallest absolute Gasteiger partial charge is 0.307 e. The molecule has 0 aromatic rings. The number of rotatable bonds is 4. The fraction of sp³-hybridized carbons (Fsp3) is 1.00. The summed E-state index contributed by atoms with van der Waals surface area (Å²) in [7, 11) is 0. The fourth-order valence-electron chi connectivity index (χ4n) is 2.27. The van der Waals surface area contributed by atoms with Crippen LogP contribution in [0.15, 0.2) is 0 Å². The summed E-state index contributed by atoms with van der Waals surface area (Å²) in [5, 5.41) is 0. The molecule has 1 aliphatic rings. The van der Waals surface area contributed by atoms with Crippen LogP contribution in [-0.2, 0) is 0 Å². The number of hydrogen-bond acceptors (Lipinski definition) is 0. The molecule has 0 spiro atoms. The topological polar surface area (TPSA) is 0 Å². The van der Waals surface area contributed by atoms with Crippen molar-refractivity contribution < 1.29 is 0 Å². The van der Waals surface area contributed by atoms with Gasteiger partial charge in [-0.3, -0.25) is 0 Å². The lowest BCUT2D eigenvalue weighted by atomic mass is 10.0. The molecule has 0 aliphatic heterocycles. The first-order valence-corrected chi connectivity index (χ1v) is 9.82. The summed E-state index contributed by atoms with van der Waals surface area (Å²) < 4.78 is 1.54. The van der Waals surface area contributed by atoms with Crippen molar-refractivity contribution in [3.05, 3.63) is 0 Å². The van der Waals surface area contributed by atoms with Gasteiger partial charge in [-0.15, -0.1) is 4.55 Å². The highest BCUT2D eigenvalue weighted by atomic mass is 79.9. The van der Waals surface area contributed by atoms with Crippen LogP contribution in [0, 0.1) is 11.8 Å². The Bertz CT molecular complexity index is 93.7. The summed E-state index contributed by atoms with van der Waals surface area (Å²) in [5.41, 5.74) is 0. The van der Waals surface area contributed by atoms with Crippen molar-refractivity contribution in [3.8, 4) is 0 Å². The molecule has 0 N–H and O–H groups in total. The van der Waals surface area contributed by atoms with Crippen molar-refractivity contribution in [1.29, 1.82) is 0 Å². The van der Waals surface area contributed by atoms with Gasteiger partial charge >= 0.3 is 18.2 Å². The Labute approximate surface area is 86.1 Å². The molecule has 2 heteroatoms. The van der Waals surface area contributed by atoms with Gasteiger partial charge in [0, 0.05) is 0 Å². The molecule has 0 bridgehead atoms. The zero-order chi connectivity index (χ0) is 8.10. The minimum Gasteiger partial charge on any atom is -0.307 e. The molecule has 0 aromatic heterocycles. The van der Waals surface area contributed by atoms with Gasteiger partial charge in [0.15, 0.2) is 0 Å². The Balaban J connectivity index is 2.12. The zero-order valence-electron chi connectivity index (χ0n) is 7.48. The molecule has 11 heavy (non-hydrogen) atoms. The van der Waals surface area contributed by atoms with Crippen LogP contribution >= 0.6 is 12.9 Å². The van der Waals surface area contributed by atoms with E-state index >= 15 is 0 Å². The minimum absolute atomic E-state index is 0.160. The van der Waals surface area contributed by atoms with E-state index in [1.165, 1.54) is 25.7 Å². The highest BCUT2D eigenvalue weighted by Gasteiger charge is 2.22. The molecule has 0 saturated heterocycles. The fourth-order valence-corrected chi connectivity index (χ4v) is 5.04. The van der Waals surface area contributed by atoms with Crippen molar-refractivity contribution in [2.24, 2.45) is 11.8 Å². The van der Waals surface area contributed by atoms with E-state index in [1.54, 1.807) is 11.0 Å². The summed E-state index contributed by atoms with van der Waals surface area (Å²) >= 11 is 3.82. The number of halogens is 1. The molecule has 0 nitrogen and oxygen atoms in total. The van der Waals surface area contributed by atoms with Gasteiger partial charge in [-0.1, -0.05) is 38.5 Å². The third-order valence-corrected chi connectivity index (χ3v) is 5.27. The lowest BCUT2D eigenvalue weighted by molar-refractivity contribution is 0.474. The molecule has 1 aliphatic carbocycles. The molecular weight excluding hydrogens is 212 g/mol. The highest BCUT2D eigenvalue weighted by Crippen LogP contribution is 2.35. The van der Waals surface area contributed by atoms with Gasteiger partial charge in [-0.2, -0.15) is 0 Å². The molecule has 1 saturated carbocycles. The SMILES string of the molecule is CCCC1CCC([CH2][Mg][Br])C1. The van der Waals surface area contributed by atoms with Crippen LogP contribution in [-0.4, -0.2) is 18.2 Å². The molecule has 0 radical (unpaired) electrons. The average Bonchev–Trinajstić information content (AvgIpc) is 2.38. The van der Waals surface area contributed by atoms with Crippen LogP contribution in [0.2, 0.25) is 4.55 Å².